The van der Waals surface area contributed by atoms with Crippen LogP contribution in [0.15, 0.2) is 18.2 Å². The van der Waals surface area contributed by atoms with E-state index in [1.54, 1.807) is 12.1 Å². The molecule has 24 heavy (non-hydrogen) atoms. The molecule has 1 amide bonds. The number of carbonyl (C=O) groups excluding carboxylic acids is 1. The highest BCUT2D eigenvalue weighted by Crippen LogP contribution is 2.24. The molecule has 0 bridgehead atoms. The molecule has 1 saturated heterocycles. The number of nitriles is 1. The van der Waals surface area contributed by atoms with Gasteiger partial charge in [0.1, 0.15) is 5.82 Å². The van der Waals surface area contributed by atoms with Crippen molar-refractivity contribution in [2.24, 2.45) is 5.92 Å². The van der Waals surface area contributed by atoms with E-state index in [1.165, 1.54) is 6.07 Å². The van der Waals surface area contributed by atoms with Gasteiger partial charge in [0, 0.05) is 19.1 Å². The topological polar surface area (TPSA) is 76.4 Å². The lowest BCUT2D eigenvalue weighted by molar-refractivity contribution is -0.124. The second-order valence-electron chi connectivity index (χ2n) is 6.65. The predicted octanol–water partition coefficient (Wildman–Crippen LogP) is 2.19. The van der Waals surface area contributed by atoms with Crippen molar-refractivity contribution >= 4 is 11.6 Å². The Morgan fingerprint density at radius 2 is 2.29 bits per heavy atom. The first-order chi connectivity index (χ1) is 11.4. The molecule has 2 unspecified atom stereocenters. The van der Waals surface area contributed by atoms with Gasteiger partial charge in [0.25, 0.3) is 0 Å². The summed E-state index contributed by atoms with van der Waals surface area (Å²) in [7, 11) is 0. The maximum absolute atomic E-state index is 14.2. The SMILES string of the molecule is CC(C)C(O)CC(=O)NC1CCCN(c2ccc(C#N)cc2F)C1. The molecule has 0 aliphatic carbocycles. The summed E-state index contributed by atoms with van der Waals surface area (Å²) in [5.41, 5.74) is 0.746. The number of rotatable bonds is 5. The number of hydrogen-bond acceptors (Lipinski definition) is 4. The molecular formula is C18H24FN3O2. The van der Waals surface area contributed by atoms with Crippen LogP contribution >= 0.6 is 0 Å². The zero-order valence-corrected chi connectivity index (χ0v) is 14.1. The molecule has 1 aromatic rings. The number of amides is 1. The molecule has 130 valence electrons. The van der Waals surface area contributed by atoms with Crippen molar-refractivity contribution in [1.82, 2.24) is 5.32 Å². The maximum atomic E-state index is 14.2. The fourth-order valence-corrected chi connectivity index (χ4v) is 2.86. The Balaban J connectivity index is 1.97. The van der Waals surface area contributed by atoms with Crippen LogP contribution in [0.1, 0.15) is 38.7 Å². The monoisotopic (exact) mass is 333 g/mol. The molecule has 2 atom stereocenters. The third-order valence-electron chi connectivity index (χ3n) is 4.37. The van der Waals surface area contributed by atoms with Gasteiger partial charge >= 0.3 is 0 Å². The quantitative estimate of drug-likeness (QED) is 0.866. The summed E-state index contributed by atoms with van der Waals surface area (Å²) in [4.78, 5) is 13.9. The van der Waals surface area contributed by atoms with Crippen molar-refractivity contribution in [3.8, 4) is 6.07 Å². The average molecular weight is 333 g/mol. The summed E-state index contributed by atoms with van der Waals surface area (Å²) >= 11 is 0. The van der Waals surface area contributed by atoms with Crippen molar-refractivity contribution in [2.75, 3.05) is 18.0 Å². The Morgan fingerprint density at radius 1 is 1.54 bits per heavy atom. The number of benzene rings is 1. The zero-order chi connectivity index (χ0) is 17.7. The Bertz CT molecular complexity index is 627. The van der Waals surface area contributed by atoms with E-state index in [2.05, 4.69) is 5.32 Å². The van der Waals surface area contributed by atoms with Crippen LogP contribution < -0.4 is 10.2 Å². The van der Waals surface area contributed by atoms with E-state index in [9.17, 15) is 14.3 Å². The van der Waals surface area contributed by atoms with Gasteiger partial charge < -0.3 is 15.3 Å². The summed E-state index contributed by atoms with van der Waals surface area (Å²) in [5, 5.41) is 21.5. The largest absolute Gasteiger partial charge is 0.392 e. The lowest BCUT2D eigenvalue weighted by Crippen LogP contribution is -2.48. The van der Waals surface area contributed by atoms with Crippen LogP contribution in [0.25, 0.3) is 0 Å². The van der Waals surface area contributed by atoms with Gasteiger partial charge in [-0.3, -0.25) is 4.79 Å². The maximum Gasteiger partial charge on any atom is 0.222 e. The fraction of sp³-hybridized carbons (Fsp3) is 0.556. The number of carbonyl (C=O) groups is 1. The molecular weight excluding hydrogens is 309 g/mol. The van der Waals surface area contributed by atoms with Gasteiger partial charge in [-0.25, -0.2) is 4.39 Å². The van der Waals surface area contributed by atoms with Crippen molar-refractivity contribution in [1.29, 1.82) is 5.26 Å². The number of nitrogens with zero attached hydrogens (tertiary/aromatic N) is 2. The molecule has 1 aliphatic rings. The molecule has 5 nitrogen and oxygen atoms in total. The molecule has 1 aliphatic heterocycles. The van der Waals surface area contributed by atoms with Crippen LogP contribution in [-0.2, 0) is 4.79 Å². The number of nitrogens with one attached hydrogen (secondary N) is 1. The second kappa shape index (κ2) is 8.11. The lowest BCUT2D eigenvalue weighted by atomic mass is 10.0. The second-order valence-corrected chi connectivity index (χ2v) is 6.65. The summed E-state index contributed by atoms with van der Waals surface area (Å²) in [6.07, 6.45) is 1.11. The Hall–Kier alpha value is -2.13. The highest BCUT2D eigenvalue weighted by molar-refractivity contribution is 5.76. The van der Waals surface area contributed by atoms with Gasteiger partial charge in [-0.05, 0) is 37.0 Å². The van der Waals surface area contributed by atoms with Gasteiger partial charge in [-0.1, -0.05) is 13.8 Å². The van der Waals surface area contributed by atoms with E-state index in [-0.39, 0.29) is 24.3 Å². The first-order valence-corrected chi connectivity index (χ1v) is 8.32. The van der Waals surface area contributed by atoms with Crippen LogP contribution in [0.5, 0.6) is 0 Å². The number of anilines is 1. The minimum Gasteiger partial charge on any atom is -0.392 e. The van der Waals surface area contributed by atoms with Crippen LogP contribution in [0.4, 0.5) is 10.1 Å². The molecule has 0 spiro atoms. The Morgan fingerprint density at radius 3 is 2.92 bits per heavy atom. The number of aliphatic hydroxyl groups is 1. The first-order valence-electron chi connectivity index (χ1n) is 8.32. The van der Waals surface area contributed by atoms with E-state index in [4.69, 9.17) is 5.26 Å². The lowest BCUT2D eigenvalue weighted by Gasteiger charge is -2.35. The number of hydrogen-bond donors (Lipinski definition) is 2. The van der Waals surface area contributed by atoms with Gasteiger partial charge in [-0.15, -0.1) is 0 Å². The number of piperidine rings is 1. The number of halogens is 1. The molecule has 0 saturated carbocycles. The minimum atomic E-state index is -0.652. The van der Waals surface area contributed by atoms with Crippen LogP contribution in [-0.4, -0.2) is 36.2 Å². The van der Waals surface area contributed by atoms with Crippen molar-refractivity contribution in [3.05, 3.63) is 29.6 Å². The zero-order valence-electron chi connectivity index (χ0n) is 14.1. The van der Waals surface area contributed by atoms with E-state index in [0.717, 1.165) is 12.8 Å². The molecule has 6 heteroatoms. The van der Waals surface area contributed by atoms with Gasteiger partial charge in [-0.2, -0.15) is 5.26 Å². The molecule has 1 heterocycles. The molecule has 1 fully saturated rings. The third kappa shape index (κ3) is 4.68. The molecule has 0 radical (unpaired) electrons. The van der Waals surface area contributed by atoms with Gasteiger partial charge in [0.15, 0.2) is 0 Å². The predicted molar refractivity (Wildman–Crippen MR) is 90.0 cm³/mol. The summed E-state index contributed by atoms with van der Waals surface area (Å²) in [6, 6.07) is 6.29. The number of aliphatic hydroxyl groups excluding tert-OH is 1. The van der Waals surface area contributed by atoms with Crippen molar-refractivity contribution < 1.29 is 14.3 Å². The van der Waals surface area contributed by atoms with E-state index in [1.807, 2.05) is 24.8 Å². The van der Waals surface area contributed by atoms with Crippen LogP contribution in [0, 0.1) is 23.1 Å². The van der Waals surface area contributed by atoms with E-state index in [0.29, 0.717) is 24.3 Å². The smallest absolute Gasteiger partial charge is 0.222 e. The van der Waals surface area contributed by atoms with Gasteiger partial charge in [0.2, 0.25) is 5.91 Å². The van der Waals surface area contributed by atoms with E-state index >= 15 is 0 Å². The summed E-state index contributed by atoms with van der Waals surface area (Å²) in [6.45, 7) is 4.97. The Kier molecular flexibility index (Phi) is 6.16. The molecule has 1 aromatic carbocycles. The molecule has 0 aromatic heterocycles. The standard InChI is InChI=1S/C18H24FN3O2/c1-12(2)17(23)9-18(24)21-14-4-3-7-22(11-14)16-6-5-13(10-20)8-15(16)19/h5-6,8,12,14,17,23H,3-4,7,9,11H2,1-2H3,(H,21,24). The highest BCUT2D eigenvalue weighted by atomic mass is 19.1. The van der Waals surface area contributed by atoms with Crippen molar-refractivity contribution in [3.63, 3.8) is 0 Å². The van der Waals surface area contributed by atoms with Crippen LogP contribution in [0.3, 0.4) is 0 Å². The van der Waals surface area contributed by atoms with Crippen LogP contribution in [0.2, 0.25) is 0 Å². The Labute approximate surface area is 142 Å². The third-order valence-corrected chi connectivity index (χ3v) is 4.37. The van der Waals surface area contributed by atoms with Gasteiger partial charge in [0.05, 0.1) is 29.8 Å². The average Bonchev–Trinajstić information content (AvgIpc) is 2.54. The summed E-state index contributed by atoms with van der Waals surface area (Å²) in [5.74, 6) is -0.564. The minimum absolute atomic E-state index is 0.0337. The molecule has 2 rings (SSSR count). The highest BCUT2D eigenvalue weighted by Gasteiger charge is 2.24. The summed E-state index contributed by atoms with van der Waals surface area (Å²) < 4.78 is 14.2. The normalized spacial score (nSPS) is 19.0. The van der Waals surface area contributed by atoms with E-state index < -0.39 is 11.9 Å². The van der Waals surface area contributed by atoms with Crippen molar-refractivity contribution in [2.45, 2.75) is 45.3 Å². The molecule has 2 N–H and O–H groups in total. The fourth-order valence-electron chi connectivity index (χ4n) is 2.86. The first kappa shape index (κ1) is 18.2.